The Labute approximate surface area is 166 Å². The Kier molecular flexibility index (Phi) is 4.83. The zero-order valence-corrected chi connectivity index (χ0v) is 15.5. The van der Waals surface area contributed by atoms with E-state index in [-0.39, 0.29) is 12.1 Å². The molecule has 0 saturated carbocycles. The van der Waals surface area contributed by atoms with Crippen LogP contribution in [0.3, 0.4) is 0 Å². The van der Waals surface area contributed by atoms with E-state index >= 15 is 0 Å². The molecule has 0 atom stereocenters. The summed E-state index contributed by atoms with van der Waals surface area (Å²) in [6, 6.07) is 12.3. The first-order valence-corrected chi connectivity index (χ1v) is 8.92. The molecule has 4 rings (SSSR count). The highest BCUT2D eigenvalue weighted by Gasteiger charge is 2.11. The molecule has 0 unspecified atom stereocenters. The minimum atomic E-state index is -0.394. The average Bonchev–Trinajstić information content (AvgIpc) is 2.76. The molecule has 4 aromatic rings. The largest absolute Gasteiger partial charge is 0.299 e. The molecule has 0 aliphatic heterocycles. The predicted octanol–water partition coefficient (Wildman–Crippen LogP) is 4.62. The van der Waals surface area contributed by atoms with Gasteiger partial charge in [-0.2, -0.15) is 0 Å². The summed E-state index contributed by atoms with van der Waals surface area (Å²) in [5.74, 6) is -0.394. The second-order valence-corrected chi connectivity index (χ2v) is 6.49. The van der Waals surface area contributed by atoms with E-state index in [4.69, 9.17) is 0 Å². The zero-order chi connectivity index (χ0) is 20.4. The predicted molar refractivity (Wildman–Crippen MR) is 114 cm³/mol. The first-order valence-electron chi connectivity index (χ1n) is 8.92. The molecule has 142 valence electrons. The topological polar surface area (TPSA) is 60.1 Å². The van der Waals surface area contributed by atoms with Crippen molar-refractivity contribution in [1.82, 2.24) is 14.5 Å². The first-order chi connectivity index (χ1) is 14.1. The van der Waals surface area contributed by atoms with Crippen LogP contribution in [0.25, 0.3) is 28.2 Å². The van der Waals surface area contributed by atoms with Crippen molar-refractivity contribution >= 4 is 29.5 Å². The van der Waals surface area contributed by atoms with Crippen LogP contribution in [-0.4, -0.2) is 21.3 Å². The highest BCUT2D eigenvalue weighted by molar-refractivity contribution is 5.75. The summed E-state index contributed by atoms with van der Waals surface area (Å²) in [5, 5.41) is 0. The van der Waals surface area contributed by atoms with Gasteiger partial charge >= 0.3 is 0 Å². The average molecular weight is 384 g/mol. The Bertz CT molecular complexity index is 1310. The van der Waals surface area contributed by atoms with Gasteiger partial charge < -0.3 is 0 Å². The summed E-state index contributed by atoms with van der Waals surface area (Å²) in [6.07, 6.45) is 6.08. The maximum atomic E-state index is 14.9. The lowest BCUT2D eigenvalue weighted by molar-refractivity contribution is 0.599. The number of hydrogen-bond donors (Lipinski definition) is 0. The van der Waals surface area contributed by atoms with Crippen molar-refractivity contribution in [3.05, 3.63) is 94.9 Å². The number of fused-ring (bicyclic) bond motifs is 1. The van der Waals surface area contributed by atoms with Crippen molar-refractivity contribution in [2.75, 3.05) is 0 Å². The first kappa shape index (κ1) is 18.4. The van der Waals surface area contributed by atoms with Crippen molar-refractivity contribution in [2.24, 2.45) is 4.99 Å². The normalized spacial score (nSPS) is 10.8. The van der Waals surface area contributed by atoms with Crippen molar-refractivity contribution in [2.45, 2.75) is 6.54 Å². The van der Waals surface area contributed by atoms with Gasteiger partial charge in [-0.15, -0.1) is 0 Å². The van der Waals surface area contributed by atoms with Gasteiger partial charge in [0.15, 0.2) is 0 Å². The van der Waals surface area contributed by atoms with Crippen LogP contribution < -0.4 is 5.56 Å². The molecule has 0 bridgehead atoms. The molecule has 2 aromatic carbocycles. The van der Waals surface area contributed by atoms with Crippen molar-refractivity contribution in [1.29, 1.82) is 0 Å². The molecule has 0 spiro atoms. The number of pyridine rings is 1. The number of hydrogen-bond acceptors (Lipinski definition) is 4. The van der Waals surface area contributed by atoms with Gasteiger partial charge in [0.05, 0.1) is 35.7 Å². The molecule has 0 fully saturated rings. The van der Waals surface area contributed by atoms with E-state index < -0.39 is 5.82 Å². The van der Waals surface area contributed by atoms with E-state index in [1.807, 2.05) is 24.3 Å². The molecule has 0 saturated heterocycles. The summed E-state index contributed by atoms with van der Waals surface area (Å²) in [7, 11) is 0. The maximum Gasteiger partial charge on any atom is 0.269 e. The van der Waals surface area contributed by atoms with E-state index in [9.17, 15) is 9.18 Å². The molecule has 0 amide bonds. The van der Waals surface area contributed by atoms with Crippen LogP contribution in [0.2, 0.25) is 0 Å². The summed E-state index contributed by atoms with van der Waals surface area (Å²) in [6.45, 7) is 7.41. The zero-order valence-electron chi connectivity index (χ0n) is 15.5. The van der Waals surface area contributed by atoms with Crippen LogP contribution in [-0.2, 0) is 6.54 Å². The third-order valence-electron chi connectivity index (χ3n) is 4.78. The van der Waals surface area contributed by atoms with Gasteiger partial charge in [-0.25, -0.2) is 9.37 Å². The molecule has 6 heteroatoms. The molecule has 29 heavy (non-hydrogen) atoms. The highest BCUT2D eigenvalue weighted by Crippen LogP contribution is 2.28. The minimum Gasteiger partial charge on any atom is -0.299 e. The van der Waals surface area contributed by atoms with Crippen molar-refractivity contribution in [3.63, 3.8) is 0 Å². The summed E-state index contributed by atoms with van der Waals surface area (Å²) < 4.78 is 16.4. The van der Waals surface area contributed by atoms with E-state index in [1.54, 1.807) is 30.6 Å². The second-order valence-electron chi connectivity index (χ2n) is 6.49. The van der Waals surface area contributed by atoms with Crippen molar-refractivity contribution in [3.8, 4) is 11.1 Å². The Hall–Kier alpha value is -3.93. The van der Waals surface area contributed by atoms with Crippen molar-refractivity contribution < 1.29 is 4.39 Å². The number of benzene rings is 2. The molecule has 0 aliphatic carbocycles. The van der Waals surface area contributed by atoms with E-state index in [1.165, 1.54) is 16.8 Å². The SMILES string of the molecule is C=Cc1cc(-c2ccc(Cn3c(=O)cnc4ccncc43)c(F)c2)ccc1N=C. The van der Waals surface area contributed by atoms with Gasteiger partial charge in [-0.3, -0.25) is 19.3 Å². The Morgan fingerprint density at radius 1 is 1.10 bits per heavy atom. The quantitative estimate of drug-likeness (QED) is 0.472. The van der Waals surface area contributed by atoms with Gasteiger partial charge in [0, 0.05) is 17.3 Å². The molecule has 0 N–H and O–H groups in total. The lowest BCUT2D eigenvalue weighted by Gasteiger charge is -2.11. The monoisotopic (exact) mass is 384 g/mol. The van der Waals surface area contributed by atoms with Crippen LogP contribution in [0.5, 0.6) is 0 Å². The number of aromatic nitrogens is 3. The summed E-state index contributed by atoms with van der Waals surface area (Å²) in [5.41, 5.74) is 4.39. The Morgan fingerprint density at radius 3 is 2.66 bits per heavy atom. The Morgan fingerprint density at radius 2 is 1.90 bits per heavy atom. The minimum absolute atomic E-state index is 0.0902. The third-order valence-corrected chi connectivity index (χ3v) is 4.78. The second kappa shape index (κ2) is 7.59. The number of halogens is 1. The van der Waals surface area contributed by atoms with Gasteiger partial charge in [-0.1, -0.05) is 30.9 Å². The van der Waals surface area contributed by atoms with Crippen LogP contribution in [0, 0.1) is 5.82 Å². The molecule has 2 heterocycles. The van der Waals surface area contributed by atoms with Crippen LogP contribution in [0.15, 0.2) is 77.4 Å². The molecule has 5 nitrogen and oxygen atoms in total. The van der Waals surface area contributed by atoms with E-state index in [0.717, 1.165) is 22.4 Å². The molecule has 0 radical (unpaired) electrons. The van der Waals surface area contributed by atoms with E-state index in [2.05, 4.69) is 28.3 Å². The van der Waals surface area contributed by atoms with Crippen LogP contribution >= 0.6 is 0 Å². The fourth-order valence-corrected chi connectivity index (χ4v) is 3.24. The molecule has 0 aliphatic rings. The molecule has 2 aromatic heterocycles. The molecular weight excluding hydrogens is 367 g/mol. The van der Waals surface area contributed by atoms with Gasteiger partial charge in [-0.05, 0) is 42.1 Å². The third kappa shape index (κ3) is 3.48. The van der Waals surface area contributed by atoms with Gasteiger partial charge in [0.1, 0.15) is 5.82 Å². The smallest absolute Gasteiger partial charge is 0.269 e. The lowest BCUT2D eigenvalue weighted by Crippen LogP contribution is -2.21. The van der Waals surface area contributed by atoms with Gasteiger partial charge in [0.2, 0.25) is 0 Å². The Balaban J connectivity index is 1.72. The number of nitrogens with zero attached hydrogens (tertiary/aromatic N) is 4. The standard InChI is InChI=1S/C23H17FN4O/c1-3-15-10-16(6-7-20(15)25-2)17-4-5-18(19(24)11-17)14-28-22-12-26-9-8-21(22)27-13-23(28)29/h3-13H,1-2,14H2. The van der Waals surface area contributed by atoms with E-state index in [0.29, 0.717) is 16.6 Å². The highest BCUT2D eigenvalue weighted by atomic mass is 19.1. The van der Waals surface area contributed by atoms with Crippen LogP contribution in [0.1, 0.15) is 11.1 Å². The molecular formula is C23H17FN4O. The fraction of sp³-hybridized carbons (Fsp3) is 0.0435. The number of rotatable bonds is 5. The summed E-state index contributed by atoms with van der Waals surface area (Å²) in [4.78, 5) is 24.4. The maximum absolute atomic E-state index is 14.9. The lowest BCUT2D eigenvalue weighted by atomic mass is 10.00. The van der Waals surface area contributed by atoms with Crippen LogP contribution in [0.4, 0.5) is 10.1 Å². The number of aliphatic imine (C=N–C) groups is 1. The fourth-order valence-electron chi connectivity index (χ4n) is 3.24. The van der Waals surface area contributed by atoms with Gasteiger partial charge in [0.25, 0.3) is 5.56 Å². The summed E-state index contributed by atoms with van der Waals surface area (Å²) >= 11 is 0.